The number of ether oxygens (including phenoxy) is 1. The van der Waals surface area contributed by atoms with Crippen LogP contribution in [-0.4, -0.2) is 47.9 Å². The zero-order chi connectivity index (χ0) is 15.2. The van der Waals surface area contributed by atoms with Crippen LogP contribution in [-0.2, 0) is 14.4 Å². The average Bonchev–Trinajstić information content (AvgIpc) is 2.49. The van der Waals surface area contributed by atoms with Gasteiger partial charge in [0.15, 0.2) is 5.84 Å². The highest BCUT2D eigenvalue weighted by molar-refractivity contribution is 5.99. The Hall–Kier alpha value is -2.48. The van der Waals surface area contributed by atoms with Crippen LogP contribution in [0.4, 0.5) is 5.69 Å². The van der Waals surface area contributed by atoms with Crippen LogP contribution < -0.4 is 0 Å². The maximum atomic E-state index is 10.9. The van der Waals surface area contributed by atoms with Crippen molar-refractivity contribution in [2.45, 2.75) is 6.92 Å². The van der Waals surface area contributed by atoms with Crippen LogP contribution in [0.2, 0.25) is 0 Å². The van der Waals surface area contributed by atoms with E-state index in [1.54, 1.807) is 12.1 Å². The van der Waals surface area contributed by atoms with E-state index in [1.165, 1.54) is 19.1 Å². The van der Waals surface area contributed by atoms with Crippen LogP contribution in [0.15, 0.2) is 29.4 Å². The Morgan fingerprint density at radius 2 is 1.95 bits per heavy atom. The van der Waals surface area contributed by atoms with E-state index in [2.05, 4.69) is 5.16 Å². The van der Waals surface area contributed by atoms with Gasteiger partial charge in [-0.25, -0.2) is 4.79 Å². The Morgan fingerprint density at radius 1 is 1.33 bits per heavy atom. The van der Waals surface area contributed by atoms with Crippen LogP contribution in [0.1, 0.15) is 12.5 Å². The third-order valence-electron chi connectivity index (χ3n) is 2.91. The molecule has 0 radical (unpaired) electrons. The standard InChI is InChI=1S/C13H15N3O5/c1-10(17)21-14-13(15-6-8-20-9-7-15)11-2-4-12(5-3-11)16(18)19/h2-5H,6-9H2,1H3/b14-13-. The van der Waals surface area contributed by atoms with Crippen molar-refractivity contribution in [3.05, 3.63) is 39.9 Å². The molecule has 1 fully saturated rings. The number of nitro benzene ring substituents is 1. The van der Waals surface area contributed by atoms with E-state index in [0.717, 1.165) is 0 Å². The van der Waals surface area contributed by atoms with Gasteiger partial charge in [-0.1, -0.05) is 5.16 Å². The van der Waals surface area contributed by atoms with Crippen LogP contribution in [0.25, 0.3) is 0 Å². The molecule has 0 amide bonds. The average molecular weight is 293 g/mol. The van der Waals surface area contributed by atoms with Gasteiger partial charge in [0.1, 0.15) is 0 Å². The second-order valence-corrected chi connectivity index (χ2v) is 4.40. The summed E-state index contributed by atoms with van der Waals surface area (Å²) in [5.74, 6) is -0.0638. The van der Waals surface area contributed by atoms with Crippen molar-refractivity contribution in [1.29, 1.82) is 0 Å². The number of amidine groups is 1. The molecule has 0 saturated carbocycles. The highest BCUT2D eigenvalue weighted by atomic mass is 16.7. The number of nitrogens with zero attached hydrogens (tertiary/aromatic N) is 3. The summed E-state index contributed by atoms with van der Waals surface area (Å²) < 4.78 is 5.27. The van der Waals surface area contributed by atoms with E-state index in [-0.39, 0.29) is 5.69 Å². The summed E-state index contributed by atoms with van der Waals surface area (Å²) in [4.78, 5) is 27.8. The molecule has 1 aliphatic rings. The number of carbonyl (C=O) groups excluding carboxylic acids is 1. The van der Waals surface area contributed by atoms with Gasteiger partial charge in [0.25, 0.3) is 5.69 Å². The van der Waals surface area contributed by atoms with E-state index in [0.29, 0.717) is 37.7 Å². The van der Waals surface area contributed by atoms with Gasteiger partial charge >= 0.3 is 5.97 Å². The number of carbonyl (C=O) groups is 1. The third kappa shape index (κ3) is 3.99. The molecule has 21 heavy (non-hydrogen) atoms. The summed E-state index contributed by atoms with van der Waals surface area (Å²) in [7, 11) is 0. The van der Waals surface area contributed by atoms with Gasteiger partial charge in [0, 0.05) is 37.7 Å². The van der Waals surface area contributed by atoms with Crippen molar-refractivity contribution < 1.29 is 19.3 Å². The van der Waals surface area contributed by atoms with Crippen molar-refractivity contribution in [2.24, 2.45) is 5.16 Å². The molecule has 0 aromatic heterocycles. The van der Waals surface area contributed by atoms with E-state index < -0.39 is 10.9 Å². The maximum Gasteiger partial charge on any atom is 0.332 e. The molecular formula is C13H15N3O5. The Morgan fingerprint density at radius 3 is 2.48 bits per heavy atom. The lowest BCUT2D eigenvalue weighted by Gasteiger charge is -2.29. The topological polar surface area (TPSA) is 94.3 Å². The van der Waals surface area contributed by atoms with Gasteiger partial charge in [0.2, 0.25) is 0 Å². The predicted molar refractivity (Wildman–Crippen MR) is 73.8 cm³/mol. The summed E-state index contributed by atoms with van der Waals surface area (Å²) in [5.41, 5.74) is 0.635. The molecule has 0 aliphatic carbocycles. The molecule has 0 atom stereocenters. The van der Waals surface area contributed by atoms with Crippen molar-refractivity contribution in [3.63, 3.8) is 0 Å². The lowest BCUT2D eigenvalue weighted by atomic mass is 10.1. The van der Waals surface area contributed by atoms with Gasteiger partial charge in [-0.15, -0.1) is 0 Å². The van der Waals surface area contributed by atoms with Gasteiger partial charge < -0.3 is 14.5 Å². The Labute approximate surface area is 121 Å². The highest BCUT2D eigenvalue weighted by Crippen LogP contribution is 2.15. The molecule has 1 aromatic carbocycles. The van der Waals surface area contributed by atoms with Crippen molar-refractivity contribution in [3.8, 4) is 0 Å². The smallest absolute Gasteiger partial charge is 0.332 e. The first-order chi connectivity index (χ1) is 10.1. The SMILES string of the molecule is CC(=O)O/N=C(/c1ccc([N+](=O)[O-])cc1)N1CCOCC1. The molecule has 0 spiro atoms. The first kappa shape index (κ1) is 14.9. The van der Waals surface area contributed by atoms with Crippen LogP contribution >= 0.6 is 0 Å². The molecule has 2 rings (SSSR count). The number of oxime groups is 1. The highest BCUT2D eigenvalue weighted by Gasteiger charge is 2.19. The lowest BCUT2D eigenvalue weighted by molar-refractivity contribution is -0.384. The second-order valence-electron chi connectivity index (χ2n) is 4.40. The molecule has 8 heteroatoms. The molecule has 1 aromatic rings. The van der Waals surface area contributed by atoms with Gasteiger partial charge in [-0.2, -0.15) is 0 Å². The maximum absolute atomic E-state index is 10.9. The van der Waals surface area contributed by atoms with Crippen molar-refractivity contribution in [1.82, 2.24) is 4.90 Å². The monoisotopic (exact) mass is 293 g/mol. The Balaban J connectivity index is 2.27. The summed E-state index contributed by atoms with van der Waals surface area (Å²) >= 11 is 0. The number of non-ortho nitro benzene ring substituents is 1. The normalized spacial score (nSPS) is 15.7. The first-order valence-corrected chi connectivity index (χ1v) is 6.41. The van der Waals surface area contributed by atoms with Crippen molar-refractivity contribution >= 4 is 17.5 Å². The van der Waals surface area contributed by atoms with E-state index in [4.69, 9.17) is 9.57 Å². The fraction of sp³-hybridized carbons (Fsp3) is 0.385. The number of morpholine rings is 1. The molecule has 0 unspecified atom stereocenters. The number of benzene rings is 1. The van der Waals surface area contributed by atoms with Crippen LogP contribution in [0.3, 0.4) is 0 Å². The fourth-order valence-corrected chi connectivity index (χ4v) is 1.91. The molecule has 1 saturated heterocycles. The molecule has 112 valence electrons. The zero-order valence-corrected chi connectivity index (χ0v) is 11.5. The summed E-state index contributed by atoms with van der Waals surface area (Å²) in [5, 5.41) is 14.5. The number of hydrogen-bond donors (Lipinski definition) is 0. The lowest BCUT2D eigenvalue weighted by Crippen LogP contribution is -2.41. The molecule has 8 nitrogen and oxygen atoms in total. The van der Waals surface area contributed by atoms with Crippen LogP contribution in [0, 0.1) is 10.1 Å². The summed E-state index contributed by atoms with van der Waals surface area (Å²) in [6, 6.07) is 5.93. The quantitative estimate of drug-likeness (QED) is 0.273. The minimum absolute atomic E-state index is 0.00689. The van der Waals surface area contributed by atoms with E-state index >= 15 is 0 Å². The van der Waals surface area contributed by atoms with Crippen molar-refractivity contribution in [2.75, 3.05) is 26.3 Å². The molecule has 1 aliphatic heterocycles. The number of hydrogen-bond acceptors (Lipinski definition) is 6. The zero-order valence-electron chi connectivity index (χ0n) is 11.5. The van der Waals surface area contributed by atoms with Gasteiger partial charge in [0.05, 0.1) is 18.1 Å². The molecular weight excluding hydrogens is 278 g/mol. The predicted octanol–water partition coefficient (Wildman–Crippen LogP) is 1.15. The van der Waals surface area contributed by atoms with Gasteiger partial charge in [-0.05, 0) is 12.1 Å². The summed E-state index contributed by atoms with van der Waals surface area (Å²) in [6.45, 7) is 3.57. The summed E-state index contributed by atoms with van der Waals surface area (Å²) in [6.07, 6.45) is 0. The van der Waals surface area contributed by atoms with E-state index in [1.807, 2.05) is 4.90 Å². The van der Waals surface area contributed by atoms with Crippen LogP contribution in [0.5, 0.6) is 0 Å². The number of nitro groups is 1. The van der Waals surface area contributed by atoms with E-state index in [9.17, 15) is 14.9 Å². The van der Waals surface area contributed by atoms with Gasteiger partial charge in [-0.3, -0.25) is 10.1 Å². The molecule has 1 heterocycles. The largest absolute Gasteiger partial charge is 0.378 e. The fourth-order valence-electron chi connectivity index (χ4n) is 1.91. The minimum atomic E-state index is -0.525. The molecule has 0 bridgehead atoms. The minimum Gasteiger partial charge on any atom is -0.378 e. The second kappa shape index (κ2) is 6.80. The first-order valence-electron chi connectivity index (χ1n) is 6.41. The Kier molecular flexibility index (Phi) is 4.83. The molecule has 0 N–H and O–H groups in total. The Bertz CT molecular complexity index is 549. The number of rotatable bonds is 3. The third-order valence-corrected chi connectivity index (χ3v) is 2.91.